The quantitative estimate of drug-likeness (QED) is 0.770. The van der Waals surface area contributed by atoms with E-state index in [4.69, 9.17) is 9.47 Å². The molecule has 7 nitrogen and oxygen atoms in total. The highest BCUT2D eigenvalue weighted by molar-refractivity contribution is 5.95. The summed E-state index contributed by atoms with van der Waals surface area (Å²) >= 11 is 0. The highest BCUT2D eigenvalue weighted by atomic mass is 16.6. The third-order valence-electron chi connectivity index (χ3n) is 3.09. The fourth-order valence-electron chi connectivity index (χ4n) is 2.02. The smallest absolute Gasteiger partial charge is 0.416 e. The van der Waals surface area contributed by atoms with Crippen molar-refractivity contribution in [3.63, 3.8) is 0 Å². The van der Waals surface area contributed by atoms with Crippen LogP contribution in [0.25, 0.3) is 0 Å². The highest BCUT2D eigenvalue weighted by Crippen LogP contribution is 2.21. The first-order chi connectivity index (χ1) is 10.1. The highest BCUT2D eigenvalue weighted by Gasteiger charge is 2.28. The van der Waals surface area contributed by atoms with Crippen LogP contribution < -0.4 is 4.74 Å². The molecule has 21 heavy (non-hydrogen) atoms. The molecule has 0 N–H and O–H groups in total. The monoisotopic (exact) mass is 293 g/mol. The van der Waals surface area contributed by atoms with Gasteiger partial charge in [-0.05, 0) is 17.7 Å². The molecule has 0 spiro atoms. The molecule has 0 atom stereocenters. The molecule has 1 fully saturated rings. The topological polar surface area (TPSA) is 82.1 Å². The van der Waals surface area contributed by atoms with Gasteiger partial charge in [-0.1, -0.05) is 6.07 Å². The van der Waals surface area contributed by atoms with Crippen LogP contribution in [0.1, 0.15) is 15.9 Å². The van der Waals surface area contributed by atoms with Crippen molar-refractivity contribution in [1.82, 2.24) is 4.90 Å². The van der Waals surface area contributed by atoms with E-state index in [9.17, 15) is 14.4 Å². The minimum absolute atomic E-state index is 0.0108. The predicted octanol–water partition coefficient (Wildman–Crippen LogP) is 1.00. The number of ether oxygens (including phenoxy) is 3. The summed E-state index contributed by atoms with van der Waals surface area (Å²) in [7, 11) is 2.70. The second-order valence-electron chi connectivity index (χ2n) is 4.36. The van der Waals surface area contributed by atoms with Crippen molar-refractivity contribution in [2.75, 3.05) is 27.4 Å². The fraction of sp³-hybridized carbons (Fsp3) is 0.357. The third kappa shape index (κ3) is 3.13. The Labute approximate surface area is 121 Å². The van der Waals surface area contributed by atoms with E-state index in [1.807, 2.05) is 0 Å². The van der Waals surface area contributed by atoms with Gasteiger partial charge in [0.2, 0.25) is 5.91 Å². The molecule has 1 heterocycles. The molecule has 112 valence electrons. The number of amides is 2. The van der Waals surface area contributed by atoms with Crippen molar-refractivity contribution in [2.24, 2.45) is 0 Å². The van der Waals surface area contributed by atoms with Crippen molar-refractivity contribution in [3.05, 3.63) is 29.3 Å². The Bertz CT molecular complexity index is 583. The van der Waals surface area contributed by atoms with Gasteiger partial charge in [-0.3, -0.25) is 4.79 Å². The van der Waals surface area contributed by atoms with Crippen LogP contribution in [0.3, 0.4) is 0 Å². The van der Waals surface area contributed by atoms with Gasteiger partial charge in [-0.2, -0.15) is 0 Å². The fourth-order valence-corrected chi connectivity index (χ4v) is 2.02. The molecule has 2 amide bonds. The van der Waals surface area contributed by atoms with E-state index in [0.717, 1.165) is 4.90 Å². The molecule has 0 aromatic heterocycles. The summed E-state index contributed by atoms with van der Waals surface area (Å²) in [5.41, 5.74) is 0.815. The number of hydrogen-bond acceptors (Lipinski definition) is 6. The van der Waals surface area contributed by atoms with Crippen LogP contribution in [0.15, 0.2) is 18.2 Å². The number of rotatable bonds is 4. The maximum Gasteiger partial charge on any atom is 0.416 e. The zero-order chi connectivity index (χ0) is 15.4. The van der Waals surface area contributed by atoms with E-state index in [1.165, 1.54) is 20.3 Å². The Morgan fingerprint density at radius 1 is 1.33 bits per heavy atom. The lowest BCUT2D eigenvalue weighted by Gasteiger charge is -2.12. The van der Waals surface area contributed by atoms with Crippen LogP contribution in [-0.2, 0) is 20.7 Å². The van der Waals surface area contributed by atoms with Crippen molar-refractivity contribution < 1.29 is 28.6 Å². The lowest BCUT2D eigenvalue weighted by atomic mass is 10.1. The first-order valence-electron chi connectivity index (χ1n) is 6.29. The third-order valence-corrected chi connectivity index (χ3v) is 3.09. The van der Waals surface area contributed by atoms with Crippen molar-refractivity contribution in [1.29, 1.82) is 0 Å². The number of carbonyl (C=O) groups is 3. The summed E-state index contributed by atoms with van der Waals surface area (Å²) in [4.78, 5) is 36.0. The van der Waals surface area contributed by atoms with Gasteiger partial charge in [0.25, 0.3) is 0 Å². The molecule has 0 bridgehead atoms. The molecule has 1 aliphatic heterocycles. The second kappa shape index (κ2) is 6.25. The van der Waals surface area contributed by atoms with Crippen LogP contribution in [0.5, 0.6) is 5.75 Å². The van der Waals surface area contributed by atoms with Gasteiger partial charge in [0.15, 0.2) is 0 Å². The van der Waals surface area contributed by atoms with Gasteiger partial charge in [-0.15, -0.1) is 0 Å². The number of methoxy groups -OCH3 is 2. The Balaban J connectivity index is 2.18. The molecule has 1 saturated heterocycles. The van der Waals surface area contributed by atoms with E-state index >= 15 is 0 Å². The zero-order valence-corrected chi connectivity index (χ0v) is 11.8. The summed E-state index contributed by atoms with van der Waals surface area (Å²) in [6.07, 6.45) is -0.648. The van der Waals surface area contributed by atoms with Crippen LogP contribution in [0.2, 0.25) is 0 Å². The molecular weight excluding hydrogens is 278 g/mol. The number of esters is 1. The minimum Gasteiger partial charge on any atom is -0.496 e. The molecule has 2 rings (SSSR count). The van der Waals surface area contributed by atoms with Gasteiger partial charge < -0.3 is 14.2 Å². The second-order valence-corrected chi connectivity index (χ2v) is 4.36. The Morgan fingerprint density at radius 2 is 2.10 bits per heavy atom. The molecule has 1 aromatic carbocycles. The number of cyclic esters (lactones) is 1. The number of hydrogen-bond donors (Lipinski definition) is 0. The van der Waals surface area contributed by atoms with Crippen LogP contribution >= 0.6 is 0 Å². The Kier molecular flexibility index (Phi) is 4.42. The molecule has 0 radical (unpaired) electrons. The number of imide groups is 1. The Hall–Kier alpha value is -2.57. The van der Waals surface area contributed by atoms with E-state index in [2.05, 4.69) is 4.74 Å². The molecule has 7 heteroatoms. The molecule has 0 aliphatic carbocycles. The van der Waals surface area contributed by atoms with Gasteiger partial charge in [0.1, 0.15) is 17.9 Å². The van der Waals surface area contributed by atoms with Crippen molar-refractivity contribution >= 4 is 18.0 Å². The first-order valence-corrected chi connectivity index (χ1v) is 6.29. The van der Waals surface area contributed by atoms with E-state index in [0.29, 0.717) is 11.3 Å². The summed E-state index contributed by atoms with van der Waals surface area (Å²) in [6.45, 7) is 0.457. The Morgan fingerprint density at radius 3 is 2.67 bits per heavy atom. The van der Waals surface area contributed by atoms with E-state index < -0.39 is 12.1 Å². The maximum atomic E-state index is 12.0. The van der Waals surface area contributed by atoms with E-state index in [1.54, 1.807) is 12.1 Å². The SMILES string of the molecule is COC(=O)c1cc(CC(=O)N2CCOC2=O)ccc1OC. The summed E-state index contributed by atoms with van der Waals surface area (Å²) in [5, 5.41) is 0. The van der Waals surface area contributed by atoms with Gasteiger partial charge in [0, 0.05) is 0 Å². The van der Waals surface area contributed by atoms with Gasteiger partial charge in [-0.25, -0.2) is 14.5 Å². The predicted molar refractivity (Wildman–Crippen MR) is 71.1 cm³/mol. The van der Waals surface area contributed by atoms with Crippen LogP contribution in [0, 0.1) is 0 Å². The van der Waals surface area contributed by atoms with E-state index in [-0.39, 0.29) is 31.0 Å². The largest absolute Gasteiger partial charge is 0.496 e. The summed E-state index contributed by atoms with van der Waals surface area (Å²) in [5.74, 6) is -0.571. The van der Waals surface area contributed by atoms with Gasteiger partial charge >= 0.3 is 12.1 Å². The van der Waals surface area contributed by atoms with Crippen molar-refractivity contribution in [3.8, 4) is 5.75 Å². The molecule has 0 saturated carbocycles. The molecule has 0 unspecified atom stereocenters. The molecular formula is C14H15NO6. The van der Waals surface area contributed by atoms with Crippen LogP contribution in [0.4, 0.5) is 4.79 Å². The average molecular weight is 293 g/mol. The minimum atomic E-state index is -0.637. The summed E-state index contributed by atoms with van der Waals surface area (Å²) in [6, 6.07) is 4.76. The maximum absolute atomic E-state index is 12.0. The summed E-state index contributed by atoms with van der Waals surface area (Å²) < 4.78 is 14.5. The number of benzene rings is 1. The lowest BCUT2D eigenvalue weighted by Crippen LogP contribution is -2.32. The lowest BCUT2D eigenvalue weighted by molar-refractivity contribution is -0.127. The zero-order valence-electron chi connectivity index (χ0n) is 11.8. The number of nitrogens with zero attached hydrogens (tertiary/aromatic N) is 1. The average Bonchev–Trinajstić information content (AvgIpc) is 2.92. The normalized spacial score (nSPS) is 13.8. The van der Waals surface area contributed by atoms with Crippen molar-refractivity contribution in [2.45, 2.75) is 6.42 Å². The van der Waals surface area contributed by atoms with Gasteiger partial charge in [0.05, 0.1) is 27.2 Å². The van der Waals surface area contributed by atoms with Crippen LogP contribution in [-0.4, -0.2) is 50.2 Å². The first kappa shape index (κ1) is 14.8. The molecule has 1 aromatic rings. The number of carbonyl (C=O) groups excluding carboxylic acids is 3. The molecule has 1 aliphatic rings. The standard InChI is InChI=1S/C14H15NO6/c1-19-11-4-3-9(7-10(11)13(17)20-2)8-12(16)15-5-6-21-14(15)18/h3-4,7H,5-6,8H2,1-2H3.